The summed E-state index contributed by atoms with van der Waals surface area (Å²) in [4.78, 5) is 0. The molecule has 0 nitrogen and oxygen atoms in total. The molecule has 8 unspecified atom stereocenters. The Labute approximate surface area is 116 Å². The summed E-state index contributed by atoms with van der Waals surface area (Å²) in [5, 5.41) is 0. The smallest absolute Gasteiger partial charge is 0.241 e. The van der Waals surface area contributed by atoms with Crippen LogP contribution in [0.25, 0.3) is 0 Å². The van der Waals surface area contributed by atoms with Gasteiger partial charge in [0.1, 0.15) is 0 Å². The topological polar surface area (TPSA) is 0 Å². The molecule has 0 bridgehead atoms. The van der Waals surface area contributed by atoms with Gasteiger partial charge in [-0.05, 0) is 0 Å². The first-order chi connectivity index (χ1) is 9.93. The fourth-order valence-electron chi connectivity index (χ4n) is 1.33. The van der Waals surface area contributed by atoms with Crippen LogP contribution in [0, 0.1) is 0 Å². The maximum Gasteiger partial charge on any atom is 0.272 e. The van der Waals surface area contributed by atoms with E-state index in [2.05, 4.69) is 0 Å². The van der Waals surface area contributed by atoms with Crippen molar-refractivity contribution in [2.24, 2.45) is 0 Å². The van der Waals surface area contributed by atoms with Gasteiger partial charge in [0.2, 0.25) is 0 Å². The van der Waals surface area contributed by atoms with Crippen LogP contribution in [0.3, 0.4) is 0 Å². The molecule has 0 saturated heterocycles. The summed E-state index contributed by atoms with van der Waals surface area (Å²) in [6.45, 7) is 0. The normalized spacial score (nSPS) is 23.7. The highest BCUT2D eigenvalue weighted by atomic mass is 19.3. The standard InChI is InChI=1S/C10H10F12/c11-1(3(13)5(15)7(17)9(19)20)2(12)4(14)6(16)8(18)10(21)22/h1-10H. The minimum Gasteiger partial charge on any atom is -0.241 e. The lowest BCUT2D eigenvalue weighted by Gasteiger charge is -2.26. The third-order valence-electron chi connectivity index (χ3n) is 2.61. The van der Waals surface area contributed by atoms with Crippen molar-refractivity contribution in [3.63, 3.8) is 0 Å². The van der Waals surface area contributed by atoms with Crippen LogP contribution in [0.2, 0.25) is 0 Å². The highest BCUT2D eigenvalue weighted by Gasteiger charge is 2.49. The molecule has 0 heterocycles. The Morgan fingerprint density at radius 3 is 0.500 bits per heavy atom. The molecule has 134 valence electrons. The molecule has 0 aliphatic heterocycles. The van der Waals surface area contributed by atoms with E-state index in [4.69, 9.17) is 0 Å². The number of alkyl halides is 12. The van der Waals surface area contributed by atoms with Crippen molar-refractivity contribution in [2.75, 3.05) is 0 Å². The molecule has 0 aromatic rings. The first kappa shape index (κ1) is 21.2. The Kier molecular flexibility index (Phi) is 8.37. The monoisotopic (exact) mass is 358 g/mol. The van der Waals surface area contributed by atoms with Crippen molar-refractivity contribution in [3.05, 3.63) is 0 Å². The van der Waals surface area contributed by atoms with Gasteiger partial charge in [0.15, 0.2) is 49.4 Å². The van der Waals surface area contributed by atoms with Gasteiger partial charge in [-0.3, -0.25) is 0 Å². The van der Waals surface area contributed by atoms with Crippen LogP contribution in [0.15, 0.2) is 0 Å². The van der Waals surface area contributed by atoms with Crippen molar-refractivity contribution >= 4 is 0 Å². The molecule has 0 rings (SSSR count). The summed E-state index contributed by atoms with van der Waals surface area (Å²) in [7, 11) is 0. The summed E-state index contributed by atoms with van der Waals surface area (Å²) in [6.07, 6.45) is -39.8. The molecular formula is C10H10F12. The first-order valence-electron chi connectivity index (χ1n) is 5.62. The van der Waals surface area contributed by atoms with Crippen LogP contribution >= 0.6 is 0 Å². The van der Waals surface area contributed by atoms with E-state index in [0.717, 1.165) is 0 Å². The van der Waals surface area contributed by atoms with Gasteiger partial charge < -0.3 is 0 Å². The van der Waals surface area contributed by atoms with Crippen molar-refractivity contribution in [3.8, 4) is 0 Å². The molecule has 0 aliphatic carbocycles. The molecule has 0 spiro atoms. The minimum absolute atomic E-state index is 3.88. The van der Waals surface area contributed by atoms with Crippen molar-refractivity contribution < 1.29 is 52.7 Å². The zero-order chi connectivity index (χ0) is 17.8. The first-order valence-corrected chi connectivity index (χ1v) is 5.62. The zero-order valence-electron chi connectivity index (χ0n) is 10.3. The molecular weight excluding hydrogens is 348 g/mol. The summed E-state index contributed by atoms with van der Waals surface area (Å²) < 4.78 is 149. The van der Waals surface area contributed by atoms with Gasteiger partial charge in [-0.1, -0.05) is 0 Å². The number of halogens is 12. The lowest BCUT2D eigenvalue weighted by atomic mass is 9.98. The quantitative estimate of drug-likeness (QED) is 0.542. The van der Waals surface area contributed by atoms with Gasteiger partial charge in [0.25, 0.3) is 12.9 Å². The van der Waals surface area contributed by atoms with E-state index in [1.54, 1.807) is 0 Å². The fraction of sp³-hybridized carbons (Fsp3) is 1.00. The van der Waals surface area contributed by atoms with E-state index in [1.807, 2.05) is 0 Å². The molecule has 8 atom stereocenters. The predicted molar refractivity (Wildman–Crippen MR) is 51.2 cm³/mol. The second-order valence-electron chi connectivity index (χ2n) is 4.22. The van der Waals surface area contributed by atoms with Crippen LogP contribution in [-0.4, -0.2) is 62.2 Å². The maximum atomic E-state index is 13.0. The SMILES string of the molecule is FC(F)C(F)C(F)C(F)C(F)C(F)C(F)C(F)C(F)C(F)F. The van der Waals surface area contributed by atoms with E-state index in [-0.39, 0.29) is 0 Å². The van der Waals surface area contributed by atoms with E-state index in [9.17, 15) is 52.7 Å². The molecule has 0 radical (unpaired) electrons. The summed E-state index contributed by atoms with van der Waals surface area (Å²) >= 11 is 0. The number of rotatable bonds is 9. The molecule has 0 aliphatic rings. The molecule has 0 fully saturated rings. The van der Waals surface area contributed by atoms with Crippen LogP contribution < -0.4 is 0 Å². The molecule has 12 heteroatoms. The lowest BCUT2D eigenvalue weighted by Crippen LogP contribution is -2.48. The molecule has 0 saturated carbocycles. The molecule has 22 heavy (non-hydrogen) atoms. The van der Waals surface area contributed by atoms with Gasteiger partial charge in [-0.2, -0.15) is 0 Å². The largest absolute Gasteiger partial charge is 0.272 e. The van der Waals surface area contributed by atoms with E-state index in [0.29, 0.717) is 0 Å². The van der Waals surface area contributed by atoms with Crippen LogP contribution in [-0.2, 0) is 0 Å². The lowest BCUT2D eigenvalue weighted by molar-refractivity contribution is -0.0814. The third-order valence-corrected chi connectivity index (χ3v) is 2.61. The Balaban J connectivity index is 4.86. The Hall–Kier alpha value is -0.840. The van der Waals surface area contributed by atoms with Crippen LogP contribution in [0.1, 0.15) is 0 Å². The Morgan fingerprint density at radius 2 is 0.364 bits per heavy atom. The molecule has 0 aromatic heterocycles. The Morgan fingerprint density at radius 1 is 0.227 bits per heavy atom. The van der Waals surface area contributed by atoms with E-state index >= 15 is 0 Å². The fourth-order valence-corrected chi connectivity index (χ4v) is 1.33. The maximum absolute atomic E-state index is 13.0. The van der Waals surface area contributed by atoms with Crippen molar-refractivity contribution in [1.29, 1.82) is 0 Å². The van der Waals surface area contributed by atoms with E-state index in [1.165, 1.54) is 0 Å². The van der Waals surface area contributed by atoms with Crippen LogP contribution in [0.5, 0.6) is 0 Å². The number of hydrogen-bond donors (Lipinski definition) is 0. The third kappa shape index (κ3) is 5.11. The van der Waals surface area contributed by atoms with E-state index < -0.39 is 62.2 Å². The van der Waals surface area contributed by atoms with Crippen molar-refractivity contribution in [2.45, 2.75) is 62.2 Å². The molecule has 0 N–H and O–H groups in total. The average Bonchev–Trinajstić information content (AvgIpc) is 2.48. The number of hydrogen-bond acceptors (Lipinski definition) is 0. The van der Waals surface area contributed by atoms with Crippen molar-refractivity contribution in [1.82, 2.24) is 0 Å². The highest BCUT2D eigenvalue weighted by molar-refractivity contribution is 4.93. The summed E-state index contributed by atoms with van der Waals surface area (Å²) in [5.41, 5.74) is 0. The summed E-state index contributed by atoms with van der Waals surface area (Å²) in [6, 6.07) is 0. The van der Waals surface area contributed by atoms with Gasteiger partial charge in [-0.25, -0.2) is 52.7 Å². The summed E-state index contributed by atoms with van der Waals surface area (Å²) in [5.74, 6) is 0. The second kappa shape index (κ2) is 8.70. The van der Waals surface area contributed by atoms with Crippen LogP contribution in [0.4, 0.5) is 52.7 Å². The van der Waals surface area contributed by atoms with Gasteiger partial charge >= 0.3 is 0 Å². The second-order valence-corrected chi connectivity index (χ2v) is 4.22. The molecule has 0 aromatic carbocycles. The van der Waals surface area contributed by atoms with Gasteiger partial charge in [-0.15, -0.1) is 0 Å². The molecule has 0 amide bonds. The average molecular weight is 358 g/mol. The van der Waals surface area contributed by atoms with Gasteiger partial charge in [0, 0.05) is 0 Å². The zero-order valence-corrected chi connectivity index (χ0v) is 10.3. The highest BCUT2D eigenvalue weighted by Crippen LogP contribution is 2.29. The minimum atomic E-state index is -4.11. The Bertz CT molecular complexity index is 282. The predicted octanol–water partition coefficient (Wildman–Crippen LogP) is 4.22. The van der Waals surface area contributed by atoms with Gasteiger partial charge in [0.05, 0.1) is 0 Å².